The fourth-order valence-corrected chi connectivity index (χ4v) is 2.64. The van der Waals surface area contributed by atoms with E-state index in [4.69, 9.17) is 4.52 Å². The second kappa shape index (κ2) is 2.54. The smallest absolute Gasteiger partial charge is 0.229 e. The third-order valence-corrected chi connectivity index (χ3v) is 3.33. The third-order valence-electron chi connectivity index (χ3n) is 3.33. The fraction of sp³-hybridized carbons (Fsp3) is 0.778. The molecule has 4 nitrogen and oxygen atoms in total. The van der Waals surface area contributed by atoms with E-state index in [2.05, 4.69) is 15.5 Å². The predicted octanol–water partition coefficient (Wildman–Crippen LogP) is 1.07. The van der Waals surface area contributed by atoms with Gasteiger partial charge in [0, 0.05) is 11.5 Å². The van der Waals surface area contributed by atoms with Gasteiger partial charge in [-0.15, -0.1) is 0 Å². The molecule has 1 aliphatic carbocycles. The van der Waals surface area contributed by atoms with Gasteiger partial charge in [-0.3, -0.25) is 0 Å². The summed E-state index contributed by atoms with van der Waals surface area (Å²) in [4.78, 5) is 4.09. The molecule has 70 valence electrons. The Morgan fingerprint density at radius 1 is 1.54 bits per heavy atom. The van der Waals surface area contributed by atoms with Crippen LogP contribution in [0.5, 0.6) is 0 Å². The first-order valence-electron chi connectivity index (χ1n) is 4.90. The highest BCUT2D eigenvalue weighted by molar-refractivity contribution is 5.12. The highest BCUT2D eigenvalue weighted by atomic mass is 16.5. The minimum Gasteiger partial charge on any atom is -0.339 e. The molecule has 1 aromatic rings. The number of rotatable bonds is 1. The van der Waals surface area contributed by atoms with Crippen LogP contribution in [0.2, 0.25) is 0 Å². The van der Waals surface area contributed by atoms with E-state index in [-0.39, 0.29) is 0 Å². The predicted molar refractivity (Wildman–Crippen MR) is 46.2 cm³/mol. The number of nitrogens with one attached hydrogen (secondary N) is 1. The maximum Gasteiger partial charge on any atom is 0.229 e. The Hall–Kier alpha value is -0.900. The quantitative estimate of drug-likeness (QED) is 0.700. The van der Waals surface area contributed by atoms with Gasteiger partial charge in [-0.1, -0.05) is 5.16 Å². The maximum atomic E-state index is 5.05. The standard InChI is InChI=1S/C9H13N3O/c1-2-9(11-3-1)4-7(5-9)8-10-6-12-13-8/h6-7,11H,1-5H2. The molecule has 0 bridgehead atoms. The van der Waals surface area contributed by atoms with Crippen LogP contribution in [0.15, 0.2) is 10.9 Å². The maximum absolute atomic E-state index is 5.05. The Bertz CT molecular complexity index is 282. The Balaban J connectivity index is 1.68. The third kappa shape index (κ3) is 1.09. The summed E-state index contributed by atoms with van der Waals surface area (Å²) in [6.07, 6.45) is 6.47. The number of nitrogens with zero attached hydrogens (tertiary/aromatic N) is 2. The summed E-state index contributed by atoms with van der Waals surface area (Å²) in [5.41, 5.74) is 0.430. The van der Waals surface area contributed by atoms with Crippen molar-refractivity contribution in [1.82, 2.24) is 15.5 Å². The molecule has 1 aliphatic heterocycles. The average molecular weight is 179 g/mol. The number of hydrogen-bond acceptors (Lipinski definition) is 4. The van der Waals surface area contributed by atoms with Crippen molar-refractivity contribution in [3.05, 3.63) is 12.2 Å². The highest BCUT2D eigenvalue weighted by Gasteiger charge is 2.48. The summed E-state index contributed by atoms with van der Waals surface area (Å²) >= 11 is 0. The molecule has 1 saturated carbocycles. The van der Waals surface area contributed by atoms with E-state index in [1.54, 1.807) is 0 Å². The van der Waals surface area contributed by atoms with Crippen molar-refractivity contribution in [2.45, 2.75) is 37.1 Å². The number of hydrogen-bond donors (Lipinski definition) is 1. The van der Waals surface area contributed by atoms with Gasteiger partial charge in [0.2, 0.25) is 5.89 Å². The monoisotopic (exact) mass is 179 g/mol. The molecule has 4 heteroatoms. The van der Waals surface area contributed by atoms with Gasteiger partial charge in [0.25, 0.3) is 0 Å². The largest absolute Gasteiger partial charge is 0.339 e. The molecular formula is C9H13N3O. The van der Waals surface area contributed by atoms with Crippen molar-refractivity contribution in [1.29, 1.82) is 0 Å². The summed E-state index contributed by atoms with van der Waals surface area (Å²) in [6.45, 7) is 1.18. The minimum absolute atomic E-state index is 0.430. The summed E-state index contributed by atoms with van der Waals surface area (Å²) in [5, 5.41) is 7.21. The zero-order chi connectivity index (χ0) is 8.73. The van der Waals surface area contributed by atoms with E-state index in [0.717, 1.165) is 5.89 Å². The zero-order valence-electron chi connectivity index (χ0n) is 7.49. The van der Waals surface area contributed by atoms with Crippen LogP contribution in [0.1, 0.15) is 37.5 Å². The molecule has 2 heterocycles. The molecule has 3 rings (SSSR count). The summed E-state index contributed by atoms with van der Waals surface area (Å²) in [6, 6.07) is 0. The summed E-state index contributed by atoms with van der Waals surface area (Å²) < 4.78 is 5.05. The van der Waals surface area contributed by atoms with E-state index < -0.39 is 0 Å². The van der Waals surface area contributed by atoms with Crippen LogP contribution >= 0.6 is 0 Å². The molecule has 0 radical (unpaired) electrons. The molecule has 1 aromatic heterocycles. The van der Waals surface area contributed by atoms with Gasteiger partial charge in [0.1, 0.15) is 0 Å². The Kier molecular flexibility index (Phi) is 1.47. The van der Waals surface area contributed by atoms with E-state index in [0.29, 0.717) is 11.5 Å². The Morgan fingerprint density at radius 2 is 2.46 bits per heavy atom. The molecule has 0 aromatic carbocycles. The van der Waals surface area contributed by atoms with Crippen LogP contribution in [0.25, 0.3) is 0 Å². The molecule has 1 N–H and O–H groups in total. The van der Waals surface area contributed by atoms with Gasteiger partial charge in [0.15, 0.2) is 6.33 Å². The first-order chi connectivity index (χ1) is 6.38. The normalized spacial score (nSPS) is 38.0. The van der Waals surface area contributed by atoms with E-state index in [1.807, 2.05) is 0 Å². The number of aromatic nitrogens is 2. The summed E-state index contributed by atoms with van der Waals surface area (Å²) in [7, 11) is 0. The lowest BCUT2D eigenvalue weighted by molar-refractivity contribution is 0.149. The van der Waals surface area contributed by atoms with E-state index >= 15 is 0 Å². The van der Waals surface area contributed by atoms with Crippen molar-refractivity contribution in [3.63, 3.8) is 0 Å². The van der Waals surface area contributed by atoms with Crippen LogP contribution in [0, 0.1) is 0 Å². The van der Waals surface area contributed by atoms with Gasteiger partial charge in [0.05, 0.1) is 0 Å². The van der Waals surface area contributed by atoms with Crippen LogP contribution in [-0.2, 0) is 0 Å². The molecule has 0 atom stereocenters. The second-order valence-corrected chi connectivity index (χ2v) is 4.20. The lowest BCUT2D eigenvalue weighted by atomic mass is 9.67. The van der Waals surface area contributed by atoms with Crippen LogP contribution in [0.3, 0.4) is 0 Å². The molecule has 1 spiro atoms. The average Bonchev–Trinajstić information content (AvgIpc) is 2.72. The van der Waals surface area contributed by atoms with Gasteiger partial charge >= 0.3 is 0 Å². The zero-order valence-corrected chi connectivity index (χ0v) is 7.49. The van der Waals surface area contributed by atoms with Crippen LogP contribution in [0.4, 0.5) is 0 Å². The van der Waals surface area contributed by atoms with E-state index in [9.17, 15) is 0 Å². The molecule has 0 amide bonds. The van der Waals surface area contributed by atoms with Gasteiger partial charge in [-0.25, -0.2) is 0 Å². The topological polar surface area (TPSA) is 51.0 Å². The van der Waals surface area contributed by atoms with Crippen LogP contribution < -0.4 is 5.32 Å². The molecule has 2 aliphatic rings. The molecule has 13 heavy (non-hydrogen) atoms. The molecular weight excluding hydrogens is 166 g/mol. The van der Waals surface area contributed by atoms with Gasteiger partial charge in [-0.2, -0.15) is 4.98 Å². The lowest BCUT2D eigenvalue weighted by Crippen LogP contribution is -2.50. The van der Waals surface area contributed by atoms with Crippen molar-refractivity contribution in [3.8, 4) is 0 Å². The second-order valence-electron chi connectivity index (χ2n) is 4.20. The SMILES string of the molecule is c1noc(C2CC3(CCCN3)C2)n1. The highest BCUT2D eigenvalue weighted by Crippen LogP contribution is 2.48. The lowest BCUT2D eigenvalue weighted by Gasteiger charge is -2.43. The van der Waals surface area contributed by atoms with Crippen molar-refractivity contribution in [2.75, 3.05) is 6.54 Å². The first-order valence-corrected chi connectivity index (χ1v) is 4.90. The summed E-state index contributed by atoms with van der Waals surface area (Å²) in [5.74, 6) is 1.33. The Morgan fingerprint density at radius 3 is 3.08 bits per heavy atom. The molecule has 2 fully saturated rings. The fourth-order valence-electron chi connectivity index (χ4n) is 2.64. The molecule has 0 unspecified atom stereocenters. The van der Waals surface area contributed by atoms with Crippen molar-refractivity contribution < 1.29 is 4.52 Å². The minimum atomic E-state index is 0.430. The van der Waals surface area contributed by atoms with Crippen molar-refractivity contribution in [2.24, 2.45) is 0 Å². The molecule has 1 saturated heterocycles. The van der Waals surface area contributed by atoms with Crippen LogP contribution in [-0.4, -0.2) is 22.2 Å². The van der Waals surface area contributed by atoms with E-state index in [1.165, 1.54) is 38.6 Å². The van der Waals surface area contributed by atoms with Crippen molar-refractivity contribution >= 4 is 0 Å². The van der Waals surface area contributed by atoms with Gasteiger partial charge < -0.3 is 9.84 Å². The first kappa shape index (κ1) is 7.50. The van der Waals surface area contributed by atoms with Gasteiger partial charge in [-0.05, 0) is 32.2 Å². The Labute approximate surface area is 76.7 Å².